The number of nitrogens with one attached hydrogen (secondary N) is 2. The molecule has 0 unspecified atom stereocenters. The molecule has 0 fully saturated rings. The first-order valence-corrected chi connectivity index (χ1v) is 10.4. The van der Waals surface area contributed by atoms with Gasteiger partial charge in [-0.25, -0.2) is 13.1 Å². The third kappa shape index (κ3) is 4.02. The second-order valence-electron chi connectivity index (χ2n) is 6.76. The minimum Gasteiger partial charge on any atom is -0.488 e. The maximum Gasteiger partial charge on any atom is 0.276 e. The fourth-order valence-corrected chi connectivity index (χ4v) is 4.47. The first-order valence-electron chi connectivity index (χ1n) is 8.94. The SMILES string of the molecule is CC#C[C@H](O)[C@H]1COc2c(cn(C)c2C(=O)Nc2ccc(C)c(C#N)c2)S(=O)(=O)N1. The molecular weight excluding hydrogens is 408 g/mol. The van der Waals surface area contributed by atoms with Gasteiger partial charge in [0.05, 0.1) is 17.7 Å². The van der Waals surface area contributed by atoms with E-state index < -0.39 is 28.1 Å². The number of rotatable bonds is 3. The van der Waals surface area contributed by atoms with Crippen LogP contribution in [-0.4, -0.2) is 42.8 Å². The van der Waals surface area contributed by atoms with Crippen LogP contribution >= 0.6 is 0 Å². The molecule has 0 spiro atoms. The van der Waals surface area contributed by atoms with Gasteiger partial charge in [-0.15, -0.1) is 5.92 Å². The summed E-state index contributed by atoms with van der Waals surface area (Å²) in [5.74, 6) is 4.29. The van der Waals surface area contributed by atoms with Crippen LogP contribution in [0.5, 0.6) is 5.75 Å². The molecule has 156 valence electrons. The molecule has 0 bridgehead atoms. The van der Waals surface area contributed by atoms with Crippen molar-refractivity contribution in [2.45, 2.75) is 30.9 Å². The number of carbonyl (C=O) groups excluding carboxylic acids is 1. The standard InChI is InChI=1S/C20H20N4O5S/c1-4-5-16(25)15-11-29-19-17(30(27,28)23-15)10-24(3)18(19)20(26)22-14-7-6-12(2)13(8-14)9-21/h6-8,10,15-16,23,25H,11H2,1-3H3,(H,22,26)/t15-,16+/m1/s1. The van der Waals surface area contributed by atoms with E-state index in [1.54, 1.807) is 19.1 Å². The van der Waals surface area contributed by atoms with E-state index in [2.05, 4.69) is 21.9 Å². The molecule has 2 heterocycles. The molecular formula is C20H20N4O5S. The average molecular weight is 428 g/mol. The van der Waals surface area contributed by atoms with E-state index in [4.69, 9.17) is 10.00 Å². The zero-order valence-electron chi connectivity index (χ0n) is 16.6. The van der Waals surface area contributed by atoms with Crippen molar-refractivity contribution in [3.63, 3.8) is 0 Å². The molecule has 3 N–H and O–H groups in total. The first-order chi connectivity index (χ1) is 14.2. The van der Waals surface area contributed by atoms with Gasteiger partial charge in [-0.2, -0.15) is 5.26 Å². The number of aryl methyl sites for hydroxylation is 2. The number of aliphatic hydroxyl groups is 1. The zero-order chi connectivity index (χ0) is 22.1. The predicted octanol–water partition coefficient (Wildman–Crippen LogP) is 0.881. The number of fused-ring (bicyclic) bond motifs is 1. The summed E-state index contributed by atoms with van der Waals surface area (Å²) in [4.78, 5) is 12.7. The lowest BCUT2D eigenvalue weighted by molar-refractivity contribution is 0.101. The number of nitrogens with zero attached hydrogens (tertiary/aromatic N) is 2. The van der Waals surface area contributed by atoms with Gasteiger partial charge in [0.25, 0.3) is 5.91 Å². The van der Waals surface area contributed by atoms with Crippen molar-refractivity contribution in [2.75, 3.05) is 11.9 Å². The summed E-state index contributed by atoms with van der Waals surface area (Å²) in [6.45, 7) is 3.09. The number of hydrogen-bond acceptors (Lipinski definition) is 6. The van der Waals surface area contributed by atoms with Crippen LogP contribution < -0.4 is 14.8 Å². The Balaban J connectivity index is 1.96. The molecule has 1 aromatic carbocycles. The van der Waals surface area contributed by atoms with Crippen molar-refractivity contribution in [2.24, 2.45) is 7.05 Å². The van der Waals surface area contributed by atoms with Crippen LogP contribution in [0.15, 0.2) is 29.3 Å². The fourth-order valence-electron chi connectivity index (χ4n) is 3.05. The summed E-state index contributed by atoms with van der Waals surface area (Å²) in [7, 11) is -2.54. The maximum absolute atomic E-state index is 12.9. The quantitative estimate of drug-likeness (QED) is 0.622. The Kier molecular flexibility index (Phi) is 5.85. The molecule has 2 aromatic rings. The third-order valence-electron chi connectivity index (χ3n) is 4.61. The van der Waals surface area contributed by atoms with Gasteiger partial charge in [-0.05, 0) is 31.5 Å². The van der Waals surface area contributed by atoms with Gasteiger partial charge in [-0.1, -0.05) is 12.0 Å². The van der Waals surface area contributed by atoms with Crippen molar-refractivity contribution in [3.05, 3.63) is 41.2 Å². The summed E-state index contributed by atoms with van der Waals surface area (Å²) >= 11 is 0. The first kappa shape index (κ1) is 21.4. The van der Waals surface area contributed by atoms with Crippen molar-refractivity contribution < 1.29 is 23.1 Å². The Morgan fingerprint density at radius 2 is 2.20 bits per heavy atom. The molecule has 9 nitrogen and oxygen atoms in total. The summed E-state index contributed by atoms with van der Waals surface area (Å²) in [5.41, 5.74) is 1.56. The molecule has 1 aliphatic rings. The highest BCUT2D eigenvalue weighted by Gasteiger charge is 2.36. The minimum atomic E-state index is -4.06. The fraction of sp³-hybridized carbons (Fsp3) is 0.300. The van der Waals surface area contributed by atoms with Crippen LogP contribution in [0.4, 0.5) is 5.69 Å². The second kappa shape index (κ2) is 8.20. The van der Waals surface area contributed by atoms with Crippen molar-refractivity contribution >= 4 is 21.6 Å². The van der Waals surface area contributed by atoms with E-state index in [0.717, 1.165) is 5.56 Å². The van der Waals surface area contributed by atoms with Crippen LogP contribution in [0.25, 0.3) is 0 Å². The van der Waals surface area contributed by atoms with E-state index in [1.807, 2.05) is 6.07 Å². The maximum atomic E-state index is 12.9. The Bertz CT molecular complexity index is 1210. The van der Waals surface area contributed by atoms with Crippen molar-refractivity contribution in [1.29, 1.82) is 5.26 Å². The number of nitriles is 1. The summed E-state index contributed by atoms with van der Waals surface area (Å²) in [6.07, 6.45) is -0.000324. The van der Waals surface area contributed by atoms with E-state index in [1.165, 1.54) is 30.8 Å². The topological polar surface area (TPSA) is 133 Å². The molecule has 30 heavy (non-hydrogen) atoms. The molecule has 1 aliphatic heterocycles. The van der Waals surface area contributed by atoms with Gasteiger partial charge >= 0.3 is 0 Å². The highest BCUT2D eigenvalue weighted by molar-refractivity contribution is 7.89. The molecule has 1 amide bonds. The third-order valence-corrected chi connectivity index (χ3v) is 6.09. The normalized spacial score (nSPS) is 17.9. The zero-order valence-corrected chi connectivity index (χ0v) is 17.4. The number of benzene rings is 1. The molecule has 0 aliphatic carbocycles. The summed E-state index contributed by atoms with van der Waals surface area (Å²) in [6, 6.07) is 5.93. The Labute approximate surface area is 174 Å². The van der Waals surface area contributed by atoms with Gasteiger partial charge in [-0.3, -0.25) is 4.79 Å². The molecule has 1 aromatic heterocycles. The largest absolute Gasteiger partial charge is 0.488 e. The number of ether oxygens (including phenoxy) is 1. The van der Waals surface area contributed by atoms with Gasteiger partial charge < -0.3 is 19.7 Å². The monoisotopic (exact) mass is 428 g/mol. The number of amides is 1. The van der Waals surface area contributed by atoms with E-state index >= 15 is 0 Å². The predicted molar refractivity (Wildman–Crippen MR) is 108 cm³/mol. The van der Waals surface area contributed by atoms with Crippen LogP contribution in [0.3, 0.4) is 0 Å². The minimum absolute atomic E-state index is 0.00817. The van der Waals surface area contributed by atoms with Crippen LogP contribution in [0.2, 0.25) is 0 Å². The lowest BCUT2D eigenvalue weighted by atomic mass is 10.1. The van der Waals surface area contributed by atoms with Crippen molar-refractivity contribution in [1.82, 2.24) is 9.29 Å². The van der Waals surface area contributed by atoms with Crippen LogP contribution in [0, 0.1) is 30.1 Å². The number of hydrogen-bond donors (Lipinski definition) is 3. The average Bonchev–Trinajstić information content (AvgIpc) is 2.97. The highest BCUT2D eigenvalue weighted by Crippen LogP contribution is 2.33. The summed E-state index contributed by atoms with van der Waals surface area (Å²) < 4.78 is 34.8. The molecule has 2 atom stereocenters. The molecule has 10 heteroatoms. The van der Waals surface area contributed by atoms with Gasteiger partial charge in [0.2, 0.25) is 10.0 Å². The Hall–Kier alpha value is -3.31. The number of carbonyl (C=O) groups is 1. The second-order valence-corrected chi connectivity index (χ2v) is 8.44. The van der Waals surface area contributed by atoms with Crippen molar-refractivity contribution in [3.8, 4) is 23.7 Å². The van der Waals surface area contributed by atoms with E-state index in [9.17, 15) is 18.3 Å². The van der Waals surface area contributed by atoms with Gasteiger partial charge in [0.15, 0.2) is 11.4 Å². The molecule has 0 saturated heterocycles. The molecule has 3 rings (SSSR count). The number of aromatic nitrogens is 1. The Morgan fingerprint density at radius 3 is 2.87 bits per heavy atom. The van der Waals surface area contributed by atoms with Gasteiger partial charge in [0.1, 0.15) is 17.6 Å². The Morgan fingerprint density at radius 1 is 1.47 bits per heavy atom. The van der Waals surface area contributed by atoms with E-state index in [0.29, 0.717) is 11.3 Å². The number of sulfonamides is 1. The van der Waals surface area contributed by atoms with Crippen LogP contribution in [0.1, 0.15) is 28.5 Å². The number of anilines is 1. The lowest BCUT2D eigenvalue weighted by Gasteiger charge is -2.17. The number of aliphatic hydroxyl groups excluding tert-OH is 1. The summed E-state index contributed by atoms with van der Waals surface area (Å²) in [5, 5.41) is 21.9. The smallest absolute Gasteiger partial charge is 0.276 e. The highest BCUT2D eigenvalue weighted by atomic mass is 32.2. The molecule has 0 saturated carbocycles. The molecule has 0 radical (unpaired) electrons. The lowest BCUT2D eigenvalue weighted by Crippen LogP contribution is -2.45. The van der Waals surface area contributed by atoms with E-state index in [-0.39, 0.29) is 22.9 Å². The van der Waals surface area contributed by atoms with Gasteiger partial charge in [0, 0.05) is 18.9 Å². The van der Waals surface area contributed by atoms with Crippen LogP contribution in [-0.2, 0) is 17.1 Å².